The number of nitrogens with zero attached hydrogens (tertiary/aromatic N) is 3. The molecule has 0 aliphatic heterocycles. The molecule has 108 valence electrons. The first-order valence-electron chi connectivity index (χ1n) is 7.34. The maximum Gasteiger partial charge on any atom is 0.240 e. The first-order valence-corrected chi connectivity index (χ1v) is 7.34. The fourth-order valence-electron chi connectivity index (χ4n) is 2.77. The van der Waals surface area contributed by atoms with Gasteiger partial charge >= 0.3 is 0 Å². The van der Waals surface area contributed by atoms with Gasteiger partial charge in [0.05, 0.1) is 12.1 Å². The number of hydrogen-bond acceptors (Lipinski definition) is 5. The van der Waals surface area contributed by atoms with Crippen LogP contribution < -0.4 is 0 Å². The van der Waals surface area contributed by atoms with Crippen LogP contribution in [0.1, 0.15) is 57.2 Å². The zero-order valence-corrected chi connectivity index (χ0v) is 12.1. The molecule has 1 N–H and O–H groups in total. The number of rotatable bonds is 7. The minimum atomic E-state index is -0.514. The molecule has 19 heavy (non-hydrogen) atoms. The van der Waals surface area contributed by atoms with Gasteiger partial charge in [0.1, 0.15) is 0 Å². The Labute approximate surface area is 115 Å². The number of hydrogen-bond donors (Lipinski definition) is 1. The third-order valence-electron chi connectivity index (χ3n) is 3.77. The normalized spacial score (nSPS) is 18.3. The molecule has 2 rings (SSSR count). The molecule has 0 atom stereocenters. The van der Waals surface area contributed by atoms with Gasteiger partial charge in [-0.05, 0) is 26.3 Å². The fraction of sp³-hybridized carbons (Fsp3) is 0.857. The third kappa shape index (κ3) is 4.28. The molecule has 1 aliphatic rings. The van der Waals surface area contributed by atoms with E-state index in [1.165, 1.54) is 0 Å². The summed E-state index contributed by atoms with van der Waals surface area (Å²) in [6.07, 6.45) is 7.18. The number of aryl methyl sites for hydroxylation is 1. The van der Waals surface area contributed by atoms with Crippen molar-refractivity contribution in [2.24, 2.45) is 0 Å². The second kappa shape index (κ2) is 6.48. The molecule has 5 heteroatoms. The lowest BCUT2D eigenvalue weighted by atomic mass is 10.0. The Morgan fingerprint density at radius 2 is 2.11 bits per heavy atom. The second-order valence-corrected chi connectivity index (χ2v) is 5.81. The van der Waals surface area contributed by atoms with Gasteiger partial charge < -0.3 is 9.63 Å². The predicted octanol–water partition coefficient (Wildman–Crippen LogP) is 2.15. The number of unbranched alkanes of at least 4 members (excludes halogenated alkanes) is 1. The zero-order valence-electron chi connectivity index (χ0n) is 12.1. The fourth-order valence-corrected chi connectivity index (χ4v) is 2.77. The number of aromatic nitrogens is 2. The average Bonchev–Trinajstić information content (AvgIpc) is 2.96. The van der Waals surface area contributed by atoms with E-state index >= 15 is 0 Å². The van der Waals surface area contributed by atoms with Crippen molar-refractivity contribution in [1.82, 2.24) is 15.0 Å². The van der Waals surface area contributed by atoms with Crippen molar-refractivity contribution in [2.75, 3.05) is 13.6 Å². The highest BCUT2D eigenvalue weighted by molar-refractivity contribution is 4.90. The molecule has 0 amide bonds. The molecule has 1 heterocycles. The van der Waals surface area contributed by atoms with E-state index in [0.717, 1.165) is 50.8 Å². The molecule has 1 fully saturated rings. The summed E-state index contributed by atoms with van der Waals surface area (Å²) in [5, 5.41) is 14.3. The van der Waals surface area contributed by atoms with Crippen LogP contribution >= 0.6 is 0 Å². The predicted molar refractivity (Wildman–Crippen MR) is 72.7 cm³/mol. The molecule has 0 saturated heterocycles. The first kappa shape index (κ1) is 14.5. The van der Waals surface area contributed by atoms with Crippen molar-refractivity contribution in [3.05, 3.63) is 11.7 Å². The lowest BCUT2D eigenvalue weighted by molar-refractivity contribution is 0.0124. The van der Waals surface area contributed by atoms with Gasteiger partial charge in [0.15, 0.2) is 5.82 Å². The topological polar surface area (TPSA) is 62.4 Å². The van der Waals surface area contributed by atoms with Crippen LogP contribution in [0.3, 0.4) is 0 Å². The minimum absolute atomic E-state index is 0.514. The van der Waals surface area contributed by atoms with E-state index in [-0.39, 0.29) is 0 Å². The summed E-state index contributed by atoms with van der Waals surface area (Å²) in [6, 6.07) is 0. The van der Waals surface area contributed by atoms with Gasteiger partial charge in [0.25, 0.3) is 0 Å². The van der Waals surface area contributed by atoms with Crippen molar-refractivity contribution in [1.29, 1.82) is 0 Å². The van der Waals surface area contributed by atoms with E-state index in [1.807, 2.05) is 7.05 Å². The molecule has 0 bridgehead atoms. The Hall–Kier alpha value is -0.940. The Bertz CT molecular complexity index is 386. The van der Waals surface area contributed by atoms with Crippen molar-refractivity contribution in [2.45, 2.75) is 64.0 Å². The van der Waals surface area contributed by atoms with Gasteiger partial charge in [0.2, 0.25) is 5.89 Å². The van der Waals surface area contributed by atoms with Crippen LogP contribution in [0.4, 0.5) is 0 Å². The van der Waals surface area contributed by atoms with Crippen molar-refractivity contribution < 1.29 is 9.63 Å². The van der Waals surface area contributed by atoms with Gasteiger partial charge in [-0.1, -0.05) is 31.3 Å². The van der Waals surface area contributed by atoms with Crippen molar-refractivity contribution >= 4 is 0 Å². The zero-order chi connectivity index (χ0) is 13.7. The van der Waals surface area contributed by atoms with E-state index in [2.05, 4.69) is 22.0 Å². The van der Waals surface area contributed by atoms with E-state index in [0.29, 0.717) is 19.0 Å². The SMILES string of the molecule is CCCCc1noc(CN(C)CC2(O)CCCC2)n1. The smallest absolute Gasteiger partial charge is 0.240 e. The van der Waals surface area contributed by atoms with Gasteiger partial charge in [-0.2, -0.15) is 4.98 Å². The molecule has 1 aliphatic carbocycles. The lowest BCUT2D eigenvalue weighted by Gasteiger charge is -2.27. The summed E-state index contributed by atoms with van der Waals surface area (Å²) in [5.74, 6) is 1.44. The molecule has 0 aromatic carbocycles. The Morgan fingerprint density at radius 1 is 1.37 bits per heavy atom. The Kier molecular flexibility index (Phi) is 4.93. The van der Waals surface area contributed by atoms with Crippen LogP contribution in [0.2, 0.25) is 0 Å². The lowest BCUT2D eigenvalue weighted by Crippen LogP contribution is -2.38. The van der Waals surface area contributed by atoms with E-state index < -0.39 is 5.60 Å². The standard InChI is InChI=1S/C14H25N3O2/c1-3-4-7-12-15-13(19-16-12)10-17(2)11-14(18)8-5-6-9-14/h18H,3-11H2,1-2H3. The highest BCUT2D eigenvalue weighted by Gasteiger charge is 2.32. The van der Waals surface area contributed by atoms with Crippen LogP contribution in [0.5, 0.6) is 0 Å². The summed E-state index contributed by atoms with van der Waals surface area (Å²) in [5.41, 5.74) is -0.514. The number of aliphatic hydroxyl groups is 1. The van der Waals surface area contributed by atoms with Gasteiger partial charge in [-0.15, -0.1) is 0 Å². The molecule has 5 nitrogen and oxygen atoms in total. The molecule has 0 unspecified atom stereocenters. The van der Waals surface area contributed by atoms with Gasteiger partial charge in [0, 0.05) is 13.0 Å². The summed E-state index contributed by atoms with van der Waals surface area (Å²) in [4.78, 5) is 6.46. The Balaban J connectivity index is 1.81. The van der Waals surface area contributed by atoms with Crippen LogP contribution in [-0.4, -0.2) is 39.3 Å². The highest BCUT2D eigenvalue weighted by Crippen LogP contribution is 2.30. The molecular weight excluding hydrogens is 242 g/mol. The van der Waals surface area contributed by atoms with Crippen LogP contribution in [0.25, 0.3) is 0 Å². The Morgan fingerprint density at radius 3 is 2.79 bits per heavy atom. The first-order chi connectivity index (χ1) is 9.11. The van der Waals surface area contributed by atoms with Crippen molar-refractivity contribution in [3.8, 4) is 0 Å². The monoisotopic (exact) mass is 267 g/mol. The quantitative estimate of drug-likeness (QED) is 0.820. The summed E-state index contributed by atoms with van der Waals surface area (Å²) >= 11 is 0. The van der Waals surface area contributed by atoms with Crippen molar-refractivity contribution in [3.63, 3.8) is 0 Å². The third-order valence-corrected chi connectivity index (χ3v) is 3.77. The van der Waals surface area contributed by atoms with Gasteiger partial charge in [-0.25, -0.2) is 0 Å². The molecule has 0 radical (unpaired) electrons. The molecule has 1 aromatic heterocycles. The number of likely N-dealkylation sites (N-methyl/N-ethyl adjacent to an activating group) is 1. The highest BCUT2D eigenvalue weighted by atomic mass is 16.5. The molecule has 1 aromatic rings. The van der Waals surface area contributed by atoms with Gasteiger partial charge in [-0.3, -0.25) is 4.90 Å². The maximum absolute atomic E-state index is 10.4. The molecule has 1 saturated carbocycles. The summed E-state index contributed by atoms with van der Waals surface area (Å²) in [6.45, 7) is 3.44. The summed E-state index contributed by atoms with van der Waals surface area (Å²) < 4.78 is 5.25. The molecular formula is C14H25N3O2. The largest absolute Gasteiger partial charge is 0.389 e. The van der Waals surface area contributed by atoms with E-state index in [4.69, 9.17) is 4.52 Å². The van der Waals surface area contributed by atoms with E-state index in [9.17, 15) is 5.11 Å². The molecule has 0 spiro atoms. The summed E-state index contributed by atoms with van der Waals surface area (Å²) in [7, 11) is 1.99. The van der Waals surface area contributed by atoms with Crippen LogP contribution in [0, 0.1) is 0 Å². The van der Waals surface area contributed by atoms with Crippen LogP contribution in [0.15, 0.2) is 4.52 Å². The average molecular weight is 267 g/mol. The van der Waals surface area contributed by atoms with Crippen LogP contribution in [-0.2, 0) is 13.0 Å². The van der Waals surface area contributed by atoms with E-state index in [1.54, 1.807) is 0 Å². The maximum atomic E-state index is 10.4. The minimum Gasteiger partial charge on any atom is -0.389 e. The second-order valence-electron chi connectivity index (χ2n) is 5.81.